The molecule has 3 aromatic rings. The first kappa shape index (κ1) is 30.7. The predicted octanol–water partition coefficient (Wildman–Crippen LogP) is 5.66. The third kappa shape index (κ3) is 7.20. The molecule has 0 atom stereocenters. The maximum atomic E-state index is 9.65. The van der Waals surface area contributed by atoms with E-state index in [-0.39, 0.29) is 36.8 Å². The van der Waals surface area contributed by atoms with Gasteiger partial charge in [0.15, 0.2) is 5.58 Å². The van der Waals surface area contributed by atoms with Crippen molar-refractivity contribution in [3.05, 3.63) is 45.3 Å². The third-order valence-corrected chi connectivity index (χ3v) is 8.70. The first-order chi connectivity index (χ1) is 17.5. The molecular formula is C28H38Cl2N4O3S. The van der Waals surface area contributed by atoms with Crippen LogP contribution in [0.1, 0.15) is 53.1 Å². The van der Waals surface area contributed by atoms with Crippen LogP contribution < -0.4 is 4.74 Å². The molecule has 1 N–H and O–H groups in total. The smallest absolute Gasteiger partial charge is 0.175 e. The molecule has 0 amide bonds. The molecule has 0 bridgehead atoms. The minimum absolute atomic E-state index is 0. The zero-order valence-corrected chi connectivity index (χ0v) is 24.6. The summed E-state index contributed by atoms with van der Waals surface area (Å²) < 4.78 is 12.1. The molecule has 1 aliphatic carbocycles. The van der Waals surface area contributed by atoms with Crippen LogP contribution in [0.2, 0.25) is 0 Å². The molecule has 7 nitrogen and oxygen atoms in total. The lowest BCUT2D eigenvalue weighted by Crippen LogP contribution is -2.33. The minimum Gasteiger partial charge on any atom is -0.492 e. The summed E-state index contributed by atoms with van der Waals surface area (Å²) in [6, 6.07) is 10.4. The van der Waals surface area contributed by atoms with Crippen molar-refractivity contribution in [2.24, 2.45) is 11.3 Å². The number of nitriles is 1. The maximum absolute atomic E-state index is 9.65. The van der Waals surface area contributed by atoms with Gasteiger partial charge in [-0.3, -0.25) is 4.90 Å². The molecule has 3 heterocycles. The van der Waals surface area contributed by atoms with Crippen LogP contribution in [0.5, 0.6) is 5.75 Å². The van der Waals surface area contributed by atoms with Gasteiger partial charge in [-0.15, -0.1) is 36.2 Å². The molecule has 0 unspecified atom stereocenters. The van der Waals surface area contributed by atoms with Crippen LogP contribution in [0.25, 0.3) is 11.0 Å². The van der Waals surface area contributed by atoms with E-state index in [4.69, 9.17) is 14.5 Å². The van der Waals surface area contributed by atoms with Crippen molar-refractivity contribution >= 4 is 47.1 Å². The SMILES string of the molecule is CN(C)Cc1c(OCC2(CO)CC2)ccc2c(CCC3CCN(Cc4ccc(C#N)s4)CC3)noc12.Cl.Cl. The first-order valence-corrected chi connectivity index (χ1v) is 13.8. The second-order valence-electron chi connectivity index (χ2n) is 10.9. The Balaban J connectivity index is 0.00000200. The van der Waals surface area contributed by atoms with Gasteiger partial charge in [0.25, 0.3) is 0 Å². The van der Waals surface area contributed by atoms with Gasteiger partial charge in [0.05, 0.1) is 24.5 Å². The molecule has 1 saturated heterocycles. The van der Waals surface area contributed by atoms with E-state index in [1.807, 2.05) is 20.2 Å². The Morgan fingerprint density at radius 2 is 1.97 bits per heavy atom. The first-order valence-electron chi connectivity index (χ1n) is 13.0. The molecule has 5 rings (SSSR count). The number of halogens is 2. The lowest BCUT2D eigenvalue weighted by Gasteiger charge is -2.31. The van der Waals surface area contributed by atoms with Crippen LogP contribution in [0, 0.1) is 22.7 Å². The van der Waals surface area contributed by atoms with Crippen LogP contribution in [0.3, 0.4) is 0 Å². The van der Waals surface area contributed by atoms with Gasteiger partial charge >= 0.3 is 0 Å². The number of aromatic nitrogens is 1. The molecule has 0 spiro atoms. The van der Waals surface area contributed by atoms with Crippen molar-refractivity contribution in [2.75, 3.05) is 40.4 Å². The number of benzene rings is 1. The Bertz CT molecular complexity index is 1230. The number of likely N-dealkylation sites (tertiary alicyclic amines) is 1. The number of aliphatic hydroxyl groups excluding tert-OH is 1. The standard InChI is InChI=1S/C28H36N4O3S.2ClH/c1-31(2)17-24-26(34-19-28(18-33)11-12-28)8-6-23-25(30-35-27(23)24)7-3-20-9-13-32(14-10-20)16-22-5-4-21(15-29)36-22;;/h4-6,8,20,33H,3,7,9-14,16-19H2,1-2H3;2*1H. The number of aliphatic hydroxyl groups is 1. The van der Waals surface area contributed by atoms with E-state index in [9.17, 15) is 5.11 Å². The van der Waals surface area contributed by atoms with Crippen LogP contribution in [-0.4, -0.2) is 60.5 Å². The number of aryl methyl sites for hydroxylation is 1. The zero-order valence-electron chi connectivity index (χ0n) is 22.1. The summed E-state index contributed by atoms with van der Waals surface area (Å²) in [4.78, 5) is 6.70. The highest BCUT2D eigenvalue weighted by atomic mass is 35.5. The molecule has 2 aliphatic rings. The van der Waals surface area contributed by atoms with Crippen LogP contribution in [-0.2, 0) is 19.5 Å². The average Bonchev–Trinajstić information content (AvgIpc) is 3.32. The number of thiophene rings is 1. The Labute approximate surface area is 241 Å². The number of nitrogens with zero attached hydrogens (tertiary/aromatic N) is 4. The number of piperidine rings is 1. The van der Waals surface area contributed by atoms with E-state index in [2.05, 4.69) is 39.2 Å². The van der Waals surface area contributed by atoms with Gasteiger partial charge in [-0.25, -0.2) is 0 Å². The minimum atomic E-state index is -0.0597. The Morgan fingerprint density at radius 1 is 1.21 bits per heavy atom. The lowest BCUT2D eigenvalue weighted by molar-refractivity contribution is 0.145. The second-order valence-corrected chi connectivity index (χ2v) is 12.0. The van der Waals surface area contributed by atoms with E-state index in [1.165, 1.54) is 17.7 Å². The zero-order chi connectivity index (χ0) is 25.1. The highest BCUT2D eigenvalue weighted by molar-refractivity contribution is 7.12. The summed E-state index contributed by atoms with van der Waals surface area (Å²) in [6.07, 6.45) is 6.48. The fraction of sp³-hybridized carbons (Fsp3) is 0.571. The maximum Gasteiger partial charge on any atom is 0.175 e. The van der Waals surface area contributed by atoms with E-state index in [0.29, 0.717) is 19.1 Å². The number of hydrogen-bond acceptors (Lipinski definition) is 8. The molecule has 38 heavy (non-hydrogen) atoms. The van der Waals surface area contributed by atoms with Crippen LogP contribution >= 0.6 is 36.2 Å². The summed E-state index contributed by atoms with van der Waals surface area (Å²) in [7, 11) is 4.09. The van der Waals surface area contributed by atoms with Crippen LogP contribution in [0.15, 0.2) is 28.8 Å². The van der Waals surface area contributed by atoms with E-state index >= 15 is 0 Å². The molecule has 1 saturated carbocycles. The molecule has 208 valence electrons. The fourth-order valence-electron chi connectivity index (χ4n) is 5.15. The Morgan fingerprint density at radius 3 is 2.61 bits per heavy atom. The Hall–Kier alpha value is -1.86. The largest absolute Gasteiger partial charge is 0.492 e. The summed E-state index contributed by atoms with van der Waals surface area (Å²) in [5.41, 5.74) is 2.84. The summed E-state index contributed by atoms with van der Waals surface area (Å²) in [5, 5.41) is 24.3. The van der Waals surface area contributed by atoms with E-state index in [0.717, 1.165) is 78.2 Å². The van der Waals surface area contributed by atoms with Gasteiger partial charge < -0.3 is 19.3 Å². The van der Waals surface area contributed by atoms with E-state index < -0.39 is 0 Å². The van der Waals surface area contributed by atoms with E-state index in [1.54, 1.807) is 11.3 Å². The molecule has 2 fully saturated rings. The van der Waals surface area contributed by atoms with Crippen LogP contribution in [0.4, 0.5) is 0 Å². The average molecular weight is 582 g/mol. The van der Waals surface area contributed by atoms with Gasteiger partial charge in [0, 0.05) is 28.8 Å². The van der Waals surface area contributed by atoms with Gasteiger partial charge in [0.1, 0.15) is 16.7 Å². The van der Waals surface area contributed by atoms with Gasteiger partial charge in [0.2, 0.25) is 0 Å². The molecule has 1 aliphatic heterocycles. The fourth-order valence-corrected chi connectivity index (χ4v) is 5.99. The summed E-state index contributed by atoms with van der Waals surface area (Å²) in [6.45, 7) is 4.60. The van der Waals surface area contributed by atoms with Crippen molar-refractivity contribution in [2.45, 2.75) is 51.6 Å². The van der Waals surface area contributed by atoms with Crippen molar-refractivity contribution < 1.29 is 14.4 Å². The molecule has 2 aromatic heterocycles. The van der Waals surface area contributed by atoms with Gasteiger partial charge in [-0.2, -0.15) is 5.26 Å². The highest BCUT2D eigenvalue weighted by Gasteiger charge is 2.43. The molecule has 0 radical (unpaired) electrons. The highest BCUT2D eigenvalue weighted by Crippen LogP contribution is 2.45. The lowest BCUT2D eigenvalue weighted by atomic mass is 9.91. The number of rotatable bonds is 11. The summed E-state index contributed by atoms with van der Waals surface area (Å²) >= 11 is 1.61. The normalized spacial score (nSPS) is 17.1. The quantitative estimate of drug-likeness (QED) is 0.313. The predicted molar refractivity (Wildman–Crippen MR) is 155 cm³/mol. The Kier molecular flexibility index (Phi) is 10.9. The summed E-state index contributed by atoms with van der Waals surface area (Å²) in [5.74, 6) is 1.53. The van der Waals surface area contributed by atoms with Crippen molar-refractivity contribution in [3.63, 3.8) is 0 Å². The van der Waals surface area contributed by atoms with Gasteiger partial charge in [-0.1, -0.05) is 5.16 Å². The molecular weight excluding hydrogens is 543 g/mol. The van der Waals surface area contributed by atoms with Gasteiger partial charge in [-0.05, 0) is 95.9 Å². The molecule has 10 heteroatoms. The topological polar surface area (TPSA) is 85.8 Å². The number of hydrogen-bond donors (Lipinski definition) is 1. The third-order valence-electron chi connectivity index (χ3n) is 7.72. The number of ether oxygens (including phenoxy) is 1. The van der Waals surface area contributed by atoms with Crippen molar-refractivity contribution in [1.29, 1.82) is 5.26 Å². The van der Waals surface area contributed by atoms with Crippen molar-refractivity contribution in [1.82, 2.24) is 15.0 Å². The molecule has 1 aromatic carbocycles. The van der Waals surface area contributed by atoms with Crippen molar-refractivity contribution in [3.8, 4) is 11.8 Å². The monoisotopic (exact) mass is 580 g/mol. The second kappa shape index (κ2) is 13.5. The number of fused-ring (bicyclic) bond motifs is 1.